The van der Waals surface area contributed by atoms with Crippen molar-refractivity contribution in [1.82, 2.24) is 9.80 Å². The van der Waals surface area contributed by atoms with E-state index in [0.717, 1.165) is 41.5 Å². The molecule has 3 aromatic rings. The molecule has 1 saturated heterocycles. The van der Waals surface area contributed by atoms with E-state index in [1.54, 1.807) is 12.1 Å². The number of furan rings is 1. The van der Waals surface area contributed by atoms with E-state index in [9.17, 15) is 4.79 Å². The van der Waals surface area contributed by atoms with Gasteiger partial charge in [0.15, 0.2) is 5.76 Å². The molecule has 0 saturated carbocycles. The van der Waals surface area contributed by atoms with Gasteiger partial charge in [0, 0.05) is 37.7 Å². The Morgan fingerprint density at radius 3 is 2.50 bits per heavy atom. The Bertz CT molecular complexity index is 1010. The van der Waals surface area contributed by atoms with Gasteiger partial charge >= 0.3 is 0 Å². The summed E-state index contributed by atoms with van der Waals surface area (Å²) in [6.07, 6.45) is 0. The van der Waals surface area contributed by atoms with E-state index < -0.39 is 0 Å². The van der Waals surface area contributed by atoms with Crippen LogP contribution in [0.3, 0.4) is 0 Å². The van der Waals surface area contributed by atoms with Gasteiger partial charge < -0.3 is 14.1 Å². The van der Waals surface area contributed by atoms with Crippen LogP contribution in [0.1, 0.15) is 27.4 Å². The molecule has 1 aliphatic heterocycles. The van der Waals surface area contributed by atoms with Crippen LogP contribution in [0.4, 0.5) is 0 Å². The first kappa shape index (κ1) is 20.5. The molecule has 0 N–H and O–H groups in total. The van der Waals surface area contributed by atoms with Gasteiger partial charge in [0.25, 0.3) is 5.91 Å². The van der Waals surface area contributed by atoms with Gasteiger partial charge in [0.05, 0.1) is 0 Å². The Hall–Kier alpha value is -2.76. The fourth-order valence-corrected chi connectivity index (χ4v) is 3.77. The minimum Gasteiger partial charge on any atom is -0.485 e. The molecule has 0 unspecified atom stereocenters. The Kier molecular flexibility index (Phi) is 6.41. The Morgan fingerprint density at radius 2 is 1.73 bits per heavy atom. The number of para-hydroxylation sites is 1. The van der Waals surface area contributed by atoms with Crippen LogP contribution >= 0.6 is 11.6 Å². The summed E-state index contributed by atoms with van der Waals surface area (Å²) in [5.74, 6) is 1.74. The molecule has 0 bridgehead atoms. The normalized spacial score (nSPS) is 14.7. The number of rotatable bonds is 6. The van der Waals surface area contributed by atoms with E-state index in [0.29, 0.717) is 31.2 Å². The van der Waals surface area contributed by atoms with E-state index >= 15 is 0 Å². The minimum atomic E-state index is -0.0745. The average Bonchev–Trinajstić information content (AvgIpc) is 3.24. The summed E-state index contributed by atoms with van der Waals surface area (Å²) in [4.78, 5) is 17.0. The van der Waals surface area contributed by atoms with Gasteiger partial charge in [-0.1, -0.05) is 48.0 Å². The van der Waals surface area contributed by atoms with Gasteiger partial charge in [-0.05, 0) is 42.3 Å². The number of ether oxygens (including phenoxy) is 1. The SMILES string of the molecule is Cc1ccccc1OCc1ccc(C(=O)N2CCN(Cc3ccccc3Cl)CC2)o1. The molecule has 1 fully saturated rings. The quantitative estimate of drug-likeness (QED) is 0.571. The lowest BCUT2D eigenvalue weighted by Crippen LogP contribution is -2.48. The first-order valence-corrected chi connectivity index (χ1v) is 10.5. The molecule has 0 aliphatic carbocycles. The van der Waals surface area contributed by atoms with Crippen molar-refractivity contribution in [1.29, 1.82) is 0 Å². The Morgan fingerprint density at radius 1 is 1.00 bits per heavy atom. The van der Waals surface area contributed by atoms with Crippen LogP contribution in [0, 0.1) is 6.92 Å². The molecule has 6 heteroatoms. The number of carbonyl (C=O) groups is 1. The molecule has 2 aromatic carbocycles. The molecule has 1 aromatic heterocycles. The van der Waals surface area contributed by atoms with E-state index in [1.165, 1.54) is 0 Å². The largest absolute Gasteiger partial charge is 0.485 e. The molecule has 0 atom stereocenters. The van der Waals surface area contributed by atoms with Crippen molar-refractivity contribution in [3.8, 4) is 5.75 Å². The monoisotopic (exact) mass is 424 g/mol. The number of hydrogen-bond donors (Lipinski definition) is 0. The number of halogens is 1. The van der Waals surface area contributed by atoms with Crippen LogP contribution in [0.15, 0.2) is 65.1 Å². The second-order valence-corrected chi connectivity index (χ2v) is 7.89. The maximum atomic E-state index is 12.8. The molecule has 156 valence electrons. The lowest BCUT2D eigenvalue weighted by Gasteiger charge is -2.34. The van der Waals surface area contributed by atoms with Crippen LogP contribution < -0.4 is 4.74 Å². The second-order valence-electron chi connectivity index (χ2n) is 7.48. The summed E-state index contributed by atoms with van der Waals surface area (Å²) in [6, 6.07) is 19.3. The lowest BCUT2D eigenvalue weighted by molar-refractivity contribution is 0.0594. The van der Waals surface area contributed by atoms with Crippen molar-refractivity contribution < 1.29 is 13.9 Å². The van der Waals surface area contributed by atoms with Gasteiger partial charge in [0.2, 0.25) is 0 Å². The molecular weight excluding hydrogens is 400 g/mol. The molecular formula is C24H25ClN2O3. The number of amides is 1. The van der Waals surface area contributed by atoms with E-state index in [-0.39, 0.29) is 5.91 Å². The van der Waals surface area contributed by atoms with Crippen molar-refractivity contribution in [3.05, 3.63) is 88.3 Å². The molecule has 4 rings (SSSR count). The van der Waals surface area contributed by atoms with Crippen molar-refractivity contribution >= 4 is 17.5 Å². The van der Waals surface area contributed by atoms with E-state index in [4.69, 9.17) is 20.8 Å². The summed E-state index contributed by atoms with van der Waals surface area (Å²) in [6.45, 7) is 6.03. The standard InChI is InChI=1S/C24H25ClN2O3/c1-18-6-2-5-9-22(18)29-17-20-10-11-23(30-20)24(28)27-14-12-26(13-15-27)16-19-7-3-4-8-21(19)25/h2-11H,12-17H2,1H3. The maximum absolute atomic E-state index is 12.8. The number of piperazine rings is 1. The predicted octanol–water partition coefficient (Wildman–Crippen LogP) is 4.78. The van der Waals surface area contributed by atoms with E-state index in [2.05, 4.69) is 4.90 Å². The smallest absolute Gasteiger partial charge is 0.289 e. The summed E-state index contributed by atoms with van der Waals surface area (Å²) < 4.78 is 11.6. The first-order chi connectivity index (χ1) is 14.6. The molecule has 0 spiro atoms. The third-order valence-electron chi connectivity index (χ3n) is 5.35. The molecule has 5 nitrogen and oxygen atoms in total. The van der Waals surface area contributed by atoms with Crippen molar-refractivity contribution in [2.45, 2.75) is 20.1 Å². The number of aryl methyl sites for hydroxylation is 1. The van der Waals surface area contributed by atoms with Crippen molar-refractivity contribution in [2.75, 3.05) is 26.2 Å². The number of hydrogen-bond acceptors (Lipinski definition) is 4. The van der Waals surface area contributed by atoms with Crippen LogP contribution in [0.25, 0.3) is 0 Å². The zero-order valence-electron chi connectivity index (χ0n) is 17.0. The topological polar surface area (TPSA) is 45.9 Å². The van der Waals surface area contributed by atoms with Crippen LogP contribution in [-0.4, -0.2) is 41.9 Å². The zero-order chi connectivity index (χ0) is 20.9. The molecule has 1 amide bonds. The predicted molar refractivity (Wildman–Crippen MR) is 117 cm³/mol. The van der Waals surface area contributed by atoms with Crippen LogP contribution in [0.5, 0.6) is 5.75 Å². The van der Waals surface area contributed by atoms with Crippen LogP contribution in [0.2, 0.25) is 5.02 Å². The summed E-state index contributed by atoms with van der Waals surface area (Å²) >= 11 is 6.26. The van der Waals surface area contributed by atoms with Gasteiger partial charge in [-0.3, -0.25) is 9.69 Å². The highest BCUT2D eigenvalue weighted by Crippen LogP contribution is 2.21. The van der Waals surface area contributed by atoms with E-state index in [1.807, 2.05) is 60.4 Å². The highest BCUT2D eigenvalue weighted by atomic mass is 35.5. The molecule has 0 radical (unpaired) electrons. The second kappa shape index (κ2) is 9.37. The third-order valence-corrected chi connectivity index (χ3v) is 5.72. The fourth-order valence-electron chi connectivity index (χ4n) is 3.57. The highest BCUT2D eigenvalue weighted by Gasteiger charge is 2.24. The first-order valence-electron chi connectivity index (χ1n) is 10.1. The van der Waals surface area contributed by atoms with Gasteiger partial charge in [0.1, 0.15) is 18.1 Å². The number of nitrogens with zero attached hydrogens (tertiary/aromatic N) is 2. The Balaban J connectivity index is 1.29. The van der Waals surface area contributed by atoms with Crippen molar-refractivity contribution in [2.24, 2.45) is 0 Å². The summed E-state index contributed by atoms with van der Waals surface area (Å²) in [5.41, 5.74) is 2.18. The van der Waals surface area contributed by atoms with Gasteiger partial charge in [-0.15, -0.1) is 0 Å². The highest BCUT2D eigenvalue weighted by molar-refractivity contribution is 6.31. The average molecular weight is 425 g/mol. The molecule has 1 aliphatic rings. The van der Waals surface area contributed by atoms with Crippen LogP contribution in [-0.2, 0) is 13.2 Å². The van der Waals surface area contributed by atoms with Crippen molar-refractivity contribution in [3.63, 3.8) is 0 Å². The molecule has 30 heavy (non-hydrogen) atoms. The third kappa shape index (κ3) is 4.86. The zero-order valence-corrected chi connectivity index (χ0v) is 17.8. The van der Waals surface area contributed by atoms with Gasteiger partial charge in [-0.2, -0.15) is 0 Å². The molecule has 2 heterocycles. The number of benzene rings is 2. The number of carbonyl (C=O) groups excluding carboxylic acids is 1. The fraction of sp³-hybridized carbons (Fsp3) is 0.292. The Labute approximate surface area is 181 Å². The lowest BCUT2D eigenvalue weighted by atomic mass is 10.2. The minimum absolute atomic E-state index is 0.0745. The van der Waals surface area contributed by atoms with Gasteiger partial charge in [-0.25, -0.2) is 0 Å². The summed E-state index contributed by atoms with van der Waals surface area (Å²) in [7, 11) is 0. The summed E-state index contributed by atoms with van der Waals surface area (Å²) in [5, 5.41) is 0.784. The maximum Gasteiger partial charge on any atom is 0.289 e.